The zero-order chi connectivity index (χ0) is 10.7. The highest BCUT2D eigenvalue weighted by molar-refractivity contribution is 5.76. The van der Waals surface area contributed by atoms with E-state index < -0.39 is 0 Å². The number of nitrogens with two attached hydrogens (primary N) is 2. The van der Waals surface area contributed by atoms with Crippen molar-refractivity contribution >= 4 is 5.91 Å². The Hall–Kier alpha value is -0.610. The molecule has 0 spiro atoms. The first-order valence-corrected chi connectivity index (χ1v) is 5.26. The number of carbonyl (C=O) groups excluding carboxylic acids is 1. The van der Waals surface area contributed by atoms with Crippen molar-refractivity contribution in [2.75, 3.05) is 20.1 Å². The first-order chi connectivity index (χ1) is 6.56. The van der Waals surface area contributed by atoms with E-state index in [1.165, 1.54) is 12.8 Å². The van der Waals surface area contributed by atoms with Crippen molar-refractivity contribution in [3.05, 3.63) is 0 Å². The van der Waals surface area contributed by atoms with E-state index in [0.29, 0.717) is 19.1 Å². The molecule has 1 saturated carbocycles. The summed E-state index contributed by atoms with van der Waals surface area (Å²) in [6.07, 6.45) is 2.55. The maximum Gasteiger partial charge on any atom is 0.221 e. The lowest BCUT2D eigenvalue weighted by Crippen LogP contribution is -2.43. The van der Waals surface area contributed by atoms with Crippen molar-refractivity contribution in [2.24, 2.45) is 23.3 Å². The van der Waals surface area contributed by atoms with Crippen LogP contribution in [0, 0.1) is 11.8 Å². The van der Waals surface area contributed by atoms with Gasteiger partial charge < -0.3 is 16.4 Å². The Morgan fingerprint density at radius 3 is 2.50 bits per heavy atom. The zero-order valence-corrected chi connectivity index (χ0v) is 9.07. The summed E-state index contributed by atoms with van der Waals surface area (Å²) in [5, 5.41) is 0. The molecule has 0 radical (unpaired) electrons. The maximum atomic E-state index is 10.9. The molecule has 0 aromatic rings. The molecule has 1 aliphatic rings. The highest BCUT2D eigenvalue weighted by Gasteiger charge is 2.33. The van der Waals surface area contributed by atoms with E-state index >= 15 is 0 Å². The van der Waals surface area contributed by atoms with Crippen LogP contribution in [-0.4, -0.2) is 37.0 Å². The van der Waals surface area contributed by atoms with Crippen molar-refractivity contribution in [1.82, 2.24) is 4.90 Å². The van der Waals surface area contributed by atoms with Crippen molar-refractivity contribution in [3.8, 4) is 0 Å². The Morgan fingerprint density at radius 1 is 1.57 bits per heavy atom. The van der Waals surface area contributed by atoms with Crippen LogP contribution in [0.1, 0.15) is 19.8 Å². The average Bonchev–Trinajstić information content (AvgIpc) is 2.89. The summed E-state index contributed by atoms with van der Waals surface area (Å²) >= 11 is 0. The number of carbonyl (C=O) groups is 1. The highest BCUT2D eigenvalue weighted by atomic mass is 16.1. The lowest BCUT2D eigenvalue weighted by atomic mass is 10.1. The van der Waals surface area contributed by atoms with Crippen molar-refractivity contribution in [3.63, 3.8) is 0 Å². The molecule has 2 unspecified atom stereocenters. The molecular formula is C10H21N3O. The molecule has 0 aromatic carbocycles. The van der Waals surface area contributed by atoms with E-state index in [9.17, 15) is 4.79 Å². The van der Waals surface area contributed by atoms with E-state index in [1.807, 2.05) is 14.0 Å². The van der Waals surface area contributed by atoms with Gasteiger partial charge in [-0.05, 0) is 25.8 Å². The van der Waals surface area contributed by atoms with Crippen LogP contribution in [0.15, 0.2) is 0 Å². The number of primary amides is 1. The zero-order valence-electron chi connectivity index (χ0n) is 9.07. The lowest BCUT2D eigenvalue weighted by Gasteiger charge is -2.28. The Labute approximate surface area is 85.6 Å². The second kappa shape index (κ2) is 4.75. The topological polar surface area (TPSA) is 72.3 Å². The second-order valence-corrected chi connectivity index (χ2v) is 4.38. The van der Waals surface area contributed by atoms with E-state index in [2.05, 4.69) is 4.90 Å². The third-order valence-corrected chi connectivity index (χ3v) is 3.02. The Morgan fingerprint density at radius 2 is 2.14 bits per heavy atom. The molecule has 0 saturated heterocycles. The predicted molar refractivity (Wildman–Crippen MR) is 56.6 cm³/mol. The fourth-order valence-electron chi connectivity index (χ4n) is 1.87. The molecule has 0 bridgehead atoms. The smallest absolute Gasteiger partial charge is 0.221 e. The maximum absolute atomic E-state index is 10.9. The van der Waals surface area contributed by atoms with Gasteiger partial charge in [0.2, 0.25) is 5.91 Å². The summed E-state index contributed by atoms with van der Waals surface area (Å²) in [6, 6.07) is 0.428. The Balaban J connectivity index is 2.38. The molecule has 2 atom stereocenters. The molecule has 1 amide bonds. The third-order valence-electron chi connectivity index (χ3n) is 3.02. The molecule has 1 rings (SSSR count). The molecule has 0 aliphatic heterocycles. The van der Waals surface area contributed by atoms with Crippen LogP contribution < -0.4 is 11.5 Å². The largest absolute Gasteiger partial charge is 0.369 e. The monoisotopic (exact) mass is 199 g/mol. The van der Waals surface area contributed by atoms with Gasteiger partial charge in [0.25, 0.3) is 0 Å². The van der Waals surface area contributed by atoms with Gasteiger partial charge in [0.15, 0.2) is 0 Å². The van der Waals surface area contributed by atoms with Gasteiger partial charge >= 0.3 is 0 Å². The van der Waals surface area contributed by atoms with E-state index in [1.54, 1.807) is 0 Å². The molecule has 0 aromatic heterocycles. The number of hydrogen-bond donors (Lipinski definition) is 2. The second-order valence-electron chi connectivity index (χ2n) is 4.38. The van der Waals surface area contributed by atoms with Crippen molar-refractivity contribution in [2.45, 2.75) is 25.8 Å². The van der Waals surface area contributed by atoms with Gasteiger partial charge in [0.1, 0.15) is 0 Å². The minimum Gasteiger partial charge on any atom is -0.369 e. The normalized spacial score (nSPS) is 20.9. The molecule has 14 heavy (non-hydrogen) atoms. The number of likely N-dealkylation sites (N-methyl/N-ethyl adjacent to an activating group) is 1. The minimum absolute atomic E-state index is 0.0900. The minimum atomic E-state index is -0.233. The van der Waals surface area contributed by atoms with E-state index in [0.717, 1.165) is 5.92 Å². The Bertz CT molecular complexity index is 204. The molecular weight excluding hydrogens is 178 g/mol. The van der Waals surface area contributed by atoms with Crippen LogP contribution >= 0.6 is 0 Å². The van der Waals surface area contributed by atoms with Crippen LogP contribution in [0.4, 0.5) is 0 Å². The summed E-state index contributed by atoms with van der Waals surface area (Å²) in [4.78, 5) is 13.1. The van der Waals surface area contributed by atoms with Gasteiger partial charge in [-0.3, -0.25) is 4.79 Å². The van der Waals surface area contributed by atoms with Gasteiger partial charge in [0.05, 0.1) is 0 Å². The number of hydrogen-bond acceptors (Lipinski definition) is 3. The third kappa shape index (κ3) is 2.96. The first-order valence-electron chi connectivity index (χ1n) is 5.26. The van der Waals surface area contributed by atoms with E-state index in [4.69, 9.17) is 11.5 Å². The van der Waals surface area contributed by atoms with Gasteiger partial charge in [-0.15, -0.1) is 0 Å². The predicted octanol–water partition coefficient (Wildman–Crippen LogP) is -0.223. The molecule has 82 valence electrons. The lowest BCUT2D eigenvalue weighted by molar-refractivity contribution is -0.121. The molecule has 1 aliphatic carbocycles. The number of nitrogens with zero attached hydrogens (tertiary/aromatic N) is 1. The quantitative estimate of drug-likeness (QED) is 0.621. The standard InChI is InChI=1S/C10H21N3O/c1-7(10(12)14)6-13(2)9(5-11)8-3-4-8/h7-9H,3-6,11H2,1-2H3,(H2,12,14). The molecule has 0 heterocycles. The van der Waals surface area contributed by atoms with Crippen LogP contribution in [0.5, 0.6) is 0 Å². The fourth-order valence-corrected chi connectivity index (χ4v) is 1.87. The van der Waals surface area contributed by atoms with Gasteiger partial charge in [0, 0.05) is 25.0 Å². The average molecular weight is 199 g/mol. The van der Waals surface area contributed by atoms with Gasteiger partial charge in [-0.2, -0.15) is 0 Å². The highest BCUT2D eigenvalue weighted by Crippen LogP contribution is 2.34. The molecule has 4 N–H and O–H groups in total. The molecule has 4 heteroatoms. The summed E-state index contributed by atoms with van der Waals surface area (Å²) in [6.45, 7) is 3.25. The van der Waals surface area contributed by atoms with Gasteiger partial charge in [-0.1, -0.05) is 6.92 Å². The Kier molecular flexibility index (Phi) is 3.89. The SMILES string of the molecule is CC(CN(C)C(CN)C1CC1)C(N)=O. The summed E-state index contributed by atoms with van der Waals surface area (Å²) in [5.41, 5.74) is 10.9. The first kappa shape index (κ1) is 11.5. The van der Waals surface area contributed by atoms with Crippen molar-refractivity contribution in [1.29, 1.82) is 0 Å². The number of rotatable bonds is 6. The molecule has 4 nitrogen and oxygen atoms in total. The van der Waals surface area contributed by atoms with Crippen molar-refractivity contribution < 1.29 is 4.79 Å². The van der Waals surface area contributed by atoms with Crippen LogP contribution in [0.2, 0.25) is 0 Å². The molecule has 1 fully saturated rings. The van der Waals surface area contributed by atoms with E-state index in [-0.39, 0.29) is 11.8 Å². The van der Waals surface area contributed by atoms with Crippen LogP contribution in [-0.2, 0) is 4.79 Å². The summed E-state index contributed by atoms with van der Waals surface area (Å²) in [7, 11) is 2.02. The fraction of sp³-hybridized carbons (Fsp3) is 0.900. The van der Waals surface area contributed by atoms with Crippen LogP contribution in [0.3, 0.4) is 0 Å². The number of amides is 1. The van der Waals surface area contributed by atoms with Crippen LogP contribution in [0.25, 0.3) is 0 Å². The summed E-state index contributed by atoms with van der Waals surface area (Å²) in [5.74, 6) is 0.418. The summed E-state index contributed by atoms with van der Waals surface area (Å²) < 4.78 is 0. The van der Waals surface area contributed by atoms with Gasteiger partial charge in [-0.25, -0.2) is 0 Å².